The number of nitrogen functional groups attached to an aromatic ring is 1. The van der Waals surface area contributed by atoms with Gasteiger partial charge in [0.25, 0.3) is 0 Å². The van der Waals surface area contributed by atoms with Gasteiger partial charge in [-0.15, -0.1) is 0 Å². The number of likely N-dealkylation sites (N-methyl/N-ethyl adjacent to an activating group) is 2. The lowest BCUT2D eigenvalue weighted by atomic mass is 9.99. The van der Waals surface area contributed by atoms with Gasteiger partial charge in [0.05, 0.1) is 11.6 Å². The molecule has 0 radical (unpaired) electrons. The molecule has 0 amide bonds. The Labute approximate surface area is 114 Å². The van der Waals surface area contributed by atoms with E-state index >= 15 is 0 Å². The molecule has 1 atom stereocenters. The van der Waals surface area contributed by atoms with E-state index in [1.807, 2.05) is 20.0 Å². The second-order valence-electron chi connectivity index (χ2n) is 5.36. The summed E-state index contributed by atoms with van der Waals surface area (Å²) in [5, 5.41) is 0. The van der Waals surface area contributed by atoms with E-state index in [0.29, 0.717) is 11.4 Å². The van der Waals surface area contributed by atoms with Crippen molar-refractivity contribution >= 4 is 11.6 Å². The third-order valence-corrected chi connectivity index (χ3v) is 3.81. The number of nitrogens with zero attached hydrogens (tertiary/aromatic N) is 3. The first-order valence-corrected chi connectivity index (χ1v) is 6.64. The number of rotatable bonds is 2. The summed E-state index contributed by atoms with van der Waals surface area (Å²) in [7, 11) is 4.06. The molecule has 2 rings (SSSR count). The van der Waals surface area contributed by atoms with Crippen molar-refractivity contribution < 1.29 is 4.79 Å². The van der Waals surface area contributed by atoms with Gasteiger partial charge in [-0.25, -0.2) is 4.98 Å². The van der Waals surface area contributed by atoms with E-state index in [4.69, 9.17) is 5.73 Å². The monoisotopic (exact) mass is 262 g/mol. The van der Waals surface area contributed by atoms with Crippen molar-refractivity contribution in [2.24, 2.45) is 0 Å². The van der Waals surface area contributed by atoms with Crippen molar-refractivity contribution in [1.29, 1.82) is 0 Å². The van der Waals surface area contributed by atoms with Crippen molar-refractivity contribution in [1.82, 2.24) is 14.8 Å². The van der Waals surface area contributed by atoms with Crippen LogP contribution in [0.3, 0.4) is 0 Å². The lowest BCUT2D eigenvalue weighted by Gasteiger charge is -2.26. The molecule has 19 heavy (non-hydrogen) atoms. The summed E-state index contributed by atoms with van der Waals surface area (Å²) in [6.45, 7) is 4.60. The molecule has 2 heterocycles. The molecular weight excluding hydrogens is 240 g/mol. The fraction of sp³-hybridized carbons (Fsp3) is 0.571. The van der Waals surface area contributed by atoms with Gasteiger partial charge in [0.15, 0.2) is 5.78 Å². The molecule has 1 aromatic heterocycles. The van der Waals surface area contributed by atoms with E-state index < -0.39 is 0 Å². The van der Waals surface area contributed by atoms with Crippen LogP contribution in [0.25, 0.3) is 0 Å². The number of ketones is 1. The molecule has 104 valence electrons. The molecule has 0 bridgehead atoms. The highest BCUT2D eigenvalue weighted by atomic mass is 16.1. The molecule has 1 saturated heterocycles. The van der Waals surface area contributed by atoms with Crippen LogP contribution in [-0.2, 0) is 0 Å². The Bertz CT molecular complexity index is 454. The van der Waals surface area contributed by atoms with Crippen LogP contribution in [-0.4, -0.2) is 60.3 Å². The SMILES string of the molecule is Cc1ccnc(N)c1C(=O)C1CN(C)CCCN1C. The minimum absolute atomic E-state index is 0.0827. The van der Waals surface area contributed by atoms with Crippen LogP contribution in [0.4, 0.5) is 5.82 Å². The van der Waals surface area contributed by atoms with Crippen LogP contribution >= 0.6 is 0 Å². The first-order chi connectivity index (χ1) is 9.00. The fourth-order valence-electron chi connectivity index (χ4n) is 2.62. The Kier molecular flexibility index (Phi) is 4.17. The first kappa shape index (κ1) is 14.0. The third-order valence-electron chi connectivity index (χ3n) is 3.81. The molecular formula is C14H22N4O. The van der Waals surface area contributed by atoms with Crippen molar-refractivity contribution in [3.63, 3.8) is 0 Å². The average molecular weight is 262 g/mol. The first-order valence-electron chi connectivity index (χ1n) is 6.64. The molecule has 0 saturated carbocycles. The van der Waals surface area contributed by atoms with Gasteiger partial charge in [-0.2, -0.15) is 0 Å². The Balaban J connectivity index is 2.31. The molecule has 0 aromatic carbocycles. The maximum absolute atomic E-state index is 12.8. The quantitative estimate of drug-likeness (QED) is 0.798. The number of hydrogen-bond acceptors (Lipinski definition) is 5. The van der Waals surface area contributed by atoms with Gasteiger partial charge < -0.3 is 10.6 Å². The molecule has 1 fully saturated rings. The lowest BCUT2D eigenvalue weighted by molar-refractivity contribution is 0.0839. The van der Waals surface area contributed by atoms with Crippen molar-refractivity contribution in [2.75, 3.05) is 39.5 Å². The Morgan fingerprint density at radius 1 is 1.42 bits per heavy atom. The maximum atomic E-state index is 12.8. The highest BCUT2D eigenvalue weighted by Gasteiger charge is 2.29. The number of aromatic nitrogens is 1. The van der Waals surface area contributed by atoms with Gasteiger partial charge in [0.2, 0.25) is 0 Å². The summed E-state index contributed by atoms with van der Waals surface area (Å²) in [6.07, 6.45) is 2.72. The molecule has 1 unspecified atom stereocenters. The predicted octanol–water partition coefficient (Wildman–Crippen LogP) is 0.791. The van der Waals surface area contributed by atoms with Crippen LogP contribution in [0, 0.1) is 6.92 Å². The summed E-state index contributed by atoms with van der Waals surface area (Å²) in [4.78, 5) is 21.1. The summed E-state index contributed by atoms with van der Waals surface area (Å²) >= 11 is 0. The smallest absolute Gasteiger partial charge is 0.185 e. The molecule has 1 aromatic rings. The zero-order chi connectivity index (χ0) is 14.0. The Hall–Kier alpha value is -1.46. The summed E-state index contributed by atoms with van der Waals surface area (Å²) < 4.78 is 0. The number of hydrogen-bond donors (Lipinski definition) is 1. The second-order valence-corrected chi connectivity index (χ2v) is 5.36. The van der Waals surface area contributed by atoms with E-state index in [9.17, 15) is 4.79 Å². The minimum atomic E-state index is -0.141. The number of carbonyl (C=O) groups is 1. The van der Waals surface area contributed by atoms with Crippen LogP contribution < -0.4 is 5.73 Å². The second kappa shape index (κ2) is 5.67. The third kappa shape index (κ3) is 2.93. The maximum Gasteiger partial charge on any atom is 0.185 e. The normalized spacial score (nSPS) is 22.2. The van der Waals surface area contributed by atoms with Crippen molar-refractivity contribution in [2.45, 2.75) is 19.4 Å². The number of Topliss-reactive ketones (excluding diaryl/α,β-unsaturated/α-hetero) is 1. The Morgan fingerprint density at radius 3 is 2.84 bits per heavy atom. The molecule has 0 spiro atoms. The van der Waals surface area contributed by atoms with Crippen LogP contribution in [0.5, 0.6) is 0 Å². The van der Waals surface area contributed by atoms with Gasteiger partial charge in [-0.05, 0) is 52.2 Å². The number of carbonyl (C=O) groups excluding carboxylic acids is 1. The zero-order valence-corrected chi connectivity index (χ0v) is 11.9. The van der Waals surface area contributed by atoms with E-state index in [1.165, 1.54) is 0 Å². The van der Waals surface area contributed by atoms with E-state index in [0.717, 1.165) is 31.6 Å². The van der Waals surface area contributed by atoms with Crippen molar-refractivity contribution in [3.05, 3.63) is 23.4 Å². The topological polar surface area (TPSA) is 62.5 Å². The summed E-state index contributed by atoms with van der Waals surface area (Å²) in [5.41, 5.74) is 7.36. The predicted molar refractivity (Wildman–Crippen MR) is 76.2 cm³/mol. The molecule has 5 heteroatoms. The van der Waals surface area contributed by atoms with Crippen LogP contribution in [0.15, 0.2) is 12.3 Å². The molecule has 2 N–H and O–H groups in total. The summed E-state index contributed by atoms with van der Waals surface area (Å²) in [5.74, 6) is 0.421. The highest BCUT2D eigenvalue weighted by Crippen LogP contribution is 2.19. The van der Waals surface area contributed by atoms with E-state index in [1.54, 1.807) is 6.20 Å². The number of aryl methyl sites for hydroxylation is 1. The van der Waals surface area contributed by atoms with Gasteiger partial charge in [0, 0.05) is 12.7 Å². The molecule has 0 aliphatic carbocycles. The molecule has 1 aliphatic heterocycles. The van der Waals surface area contributed by atoms with Gasteiger partial charge in [-0.3, -0.25) is 9.69 Å². The Morgan fingerprint density at radius 2 is 2.16 bits per heavy atom. The highest BCUT2D eigenvalue weighted by molar-refractivity contribution is 6.04. The number of nitrogens with two attached hydrogens (primary N) is 1. The standard InChI is InChI=1S/C14H22N4O/c1-10-5-6-16-14(15)12(10)13(19)11-9-17(2)7-4-8-18(11)3/h5-6,11H,4,7-9H2,1-3H3,(H2,15,16). The number of pyridine rings is 1. The minimum Gasteiger partial charge on any atom is -0.383 e. The summed E-state index contributed by atoms with van der Waals surface area (Å²) in [6, 6.07) is 1.70. The average Bonchev–Trinajstić information content (AvgIpc) is 2.51. The fourth-order valence-corrected chi connectivity index (χ4v) is 2.62. The lowest BCUT2D eigenvalue weighted by Crippen LogP contribution is -2.44. The van der Waals surface area contributed by atoms with Gasteiger partial charge >= 0.3 is 0 Å². The largest absolute Gasteiger partial charge is 0.383 e. The van der Waals surface area contributed by atoms with Gasteiger partial charge in [0.1, 0.15) is 5.82 Å². The van der Waals surface area contributed by atoms with Gasteiger partial charge in [-0.1, -0.05) is 0 Å². The molecule has 5 nitrogen and oxygen atoms in total. The molecule has 1 aliphatic rings. The van der Waals surface area contributed by atoms with E-state index in [-0.39, 0.29) is 11.8 Å². The van der Waals surface area contributed by atoms with Crippen molar-refractivity contribution in [3.8, 4) is 0 Å². The van der Waals surface area contributed by atoms with E-state index in [2.05, 4.69) is 21.8 Å². The zero-order valence-electron chi connectivity index (χ0n) is 11.9. The number of anilines is 1. The van der Waals surface area contributed by atoms with Crippen LogP contribution in [0.2, 0.25) is 0 Å². The van der Waals surface area contributed by atoms with Crippen LogP contribution in [0.1, 0.15) is 22.3 Å².